The van der Waals surface area contributed by atoms with Gasteiger partial charge in [-0.25, -0.2) is 4.79 Å². The molecule has 2 heterocycles. The van der Waals surface area contributed by atoms with Crippen LogP contribution in [-0.2, 0) is 9.53 Å². The Bertz CT molecular complexity index is 906. The van der Waals surface area contributed by atoms with Gasteiger partial charge < -0.3 is 20.3 Å². The standard InChI is InChI=1S/C18H20ClN5O4S/c1-28-14(25)9-20-18(27)24-7-3-4-11(10-24)16-22-23-17(29-16)15(26)21-13-6-2-5-12(19)8-13/h2,5-6,8,11H,3-4,7,9-10H2,1H3,(H,20,27)(H,21,26)/t11-/m1/s1. The van der Waals surface area contributed by atoms with Gasteiger partial charge in [0.05, 0.1) is 7.11 Å². The molecule has 1 saturated heterocycles. The lowest BCUT2D eigenvalue weighted by Crippen LogP contribution is -2.46. The number of carbonyl (C=O) groups is 3. The van der Waals surface area contributed by atoms with Gasteiger partial charge in [-0.05, 0) is 31.0 Å². The van der Waals surface area contributed by atoms with Crippen LogP contribution in [0.3, 0.4) is 0 Å². The second kappa shape index (κ2) is 9.66. The van der Waals surface area contributed by atoms with Crippen molar-refractivity contribution in [1.29, 1.82) is 0 Å². The van der Waals surface area contributed by atoms with Crippen molar-refractivity contribution in [2.24, 2.45) is 0 Å². The van der Waals surface area contributed by atoms with Crippen molar-refractivity contribution >= 4 is 46.5 Å². The third kappa shape index (κ3) is 5.64. The van der Waals surface area contributed by atoms with Gasteiger partial charge in [-0.1, -0.05) is 29.0 Å². The maximum atomic E-state index is 12.4. The Labute approximate surface area is 176 Å². The third-order valence-electron chi connectivity index (χ3n) is 4.39. The molecular weight excluding hydrogens is 418 g/mol. The molecule has 0 radical (unpaired) electrons. The fraction of sp³-hybridized carbons (Fsp3) is 0.389. The number of methoxy groups -OCH3 is 1. The van der Waals surface area contributed by atoms with Gasteiger partial charge in [0.25, 0.3) is 5.91 Å². The van der Waals surface area contributed by atoms with Crippen LogP contribution in [0.15, 0.2) is 24.3 Å². The second-order valence-electron chi connectivity index (χ2n) is 6.43. The summed E-state index contributed by atoms with van der Waals surface area (Å²) in [6.07, 6.45) is 1.63. The molecule has 1 aromatic heterocycles. The van der Waals surface area contributed by atoms with E-state index in [0.717, 1.165) is 12.8 Å². The summed E-state index contributed by atoms with van der Waals surface area (Å²) in [5, 5.41) is 14.9. The highest BCUT2D eigenvalue weighted by molar-refractivity contribution is 7.13. The fourth-order valence-corrected chi connectivity index (χ4v) is 3.99. The van der Waals surface area contributed by atoms with Crippen molar-refractivity contribution in [2.75, 3.05) is 32.1 Å². The Morgan fingerprint density at radius 3 is 2.93 bits per heavy atom. The van der Waals surface area contributed by atoms with Crippen molar-refractivity contribution in [3.63, 3.8) is 0 Å². The van der Waals surface area contributed by atoms with Gasteiger partial charge >= 0.3 is 12.0 Å². The molecule has 1 atom stereocenters. The van der Waals surface area contributed by atoms with Gasteiger partial charge in [-0.15, -0.1) is 10.2 Å². The summed E-state index contributed by atoms with van der Waals surface area (Å²) in [5.74, 6) is -0.885. The van der Waals surface area contributed by atoms with Crippen molar-refractivity contribution in [3.05, 3.63) is 39.3 Å². The molecule has 1 fully saturated rings. The van der Waals surface area contributed by atoms with Gasteiger partial charge in [0.2, 0.25) is 5.01 Å². The molecule has 2 aromatic rings. The van der Waals surface area contributed by atoms with Crippen LogP contribution < -0.4 is 10.6 Å². The molecule has 2 N–H and O–H groups in total. The van der Waals surface area contributed by atoms with Gasteiger partial charge in [-0.2, -0.15) is 0 Å². The molecule has 9 nitrogen and oxygen atoms in total. The number of benzene rings is 1. The summed E-state index contributed by atoms with van der Waals surface area (Å²) >= 11 is 7.13. The minimum Gasteiger partial charge on any atom is -0.468 e. The number of rotatable bonds is 5. The van der Waals surface area contributed by atoms with Crippen LogP contribution in [-0.4, -0.2) is 59.7 Å². The molecule has 3 amide bonds. The summed E-state index contributed by atoms with van der Waals surface area (Å²) in [6, 6.07) is 6.51. The largest absolute Gasteiger partial charge is 0.468 e. The topological polar surface area (TPSA) is 114 Å². The maximum absolute atomic E-state index is 12.4. The fourth-order valence-electron chi connectivity index (χ4n) is 2.94. The minimum absolute atomic E-state index is 0.0159. The number of hydrogen-bond acceptors (Lipinski definition) is 7. The normalized spacial score (nSPS) is 16.2. The van der Waals surface area contributed by atoms with Crippen LogP contribution >= 0.6 is 22.9 Å². The Morgan fingerprint density at radius 1 is 1.34 bits per heavy atom. The molecular formula is C18H20ClN5O4S. The number of esters is 1. The van der Waals surface area contributed by atoms with E-state index in [1.165, 1.54) is 18.4 Å². The number of piperidine rings is 1. The minimum atomic E-state index is -0.508. The molecule has 11 heteroatoms. The van der Waals surface area contributed by atoms with Crippen molar-refractivity contribution < 1.29 is 19.1 Å². The van der Waals surface area contributed by atoms with E-state index in [1.807, 2.05) is 0 Å². The molecule has 1 aromatic carbocycles. The zero-order valence-electron chi connectivity index (χ0n) is 15.7. The van der Waals surface area contributed by atoms with Crippen LogP contribution in [0.4, 0.5) is 10.5 Å². The van der Waals surface area contributed by atoms with E-state index in [4.69, 9.17) is 11.6 Å². The zero-order chi connectivity index (χ0) is 20.8. The molecule has 0 aliphatic carbocycles. The lowest BCUT2D eigenvalue weighted by atomic mass is 9.99. The summed E-state index contributed by atoms with van der Waals surface area (Å²) in [6.45, 7) is 0.852. The van der Waals surface area contributed by atoms with E-state index >= 15 is 0 Å². The van der Waals surface area contributed by atoms with Gasteiger partial charge in [0, 0.05) is 29.7 Å². The number of hydrogen-bond donors (Lipinski definition) is 2. The average molecular weight is 438 g/mol. The molecule has 0 saturated carbocycles. The Balaban J connectivity index is 1.59. The predicted octanol–water partition coefficient (Wildman–Crippen LogP) is 2.51. The smallest absolute Gasteiger partial charge is 0.325 e. The molecule has 29 heavy (non-hydrogen) atoms. The number of ether oxygens (including phenoxy) is 1. The number of likely N-dealkylation sites (tertiary alicyclic amines) is 1. The Hall–Kier alpha value is -2.72. The summed E-state index contributed by atoms with van der Waals surface area (Å²) < 4.78 is 4.52. The lowest BCUT2D eigenvalue weighted by molar-refractivity contribution is -0.139. The van der Waals surface area contributed by atoms with Crippen LogP contribution in [0.5, 0.6) is 0 Å². The second-order valence-corrected chi connectivity index (χ2v) is 7.88. The highest BCUT2D eigenvalue weighted by Gasteiger charge is 2.28. The highest BCUT2D eigenvalue weighted by atomic mass is 35.5. The third-order valence-corrected chi connectivity index (χ3v) is 5.71. The van der Waals surface area contributed by atoms with Crippen LogP contribution in [0.25, 0.3) is 0 Å². The van der Waals surface area contributed by atoms with Crippen LogP contribution in [0.2, 0.25) is 5.02 Å². The van der Waals surface area contributed by atoms with Crippen molar-refractivity contribution in [1.82, 2.24) is 20.4 Å². The number of carbonyl (C=O) groups excluding carboxylic acids is 3. The van der Waals surface area contributed by atoms with Gasteiger partial charge in [0.1, 0.15) is 11.6 Å². The van der Waals surface area contributed by atoms with E-state index < -0.39 is 5.97 Å². The van der Waals surface area contributed by atoms with Crippen LogP contribution in [0.1, 0.15) is 33.6 Å². The number of nitrogens with zero attached hydrogens (tertiary/aromatic N) is 3. The molecule has 1 aliphatic heterocycles. The number of halogens is 1. The van der Waals surface area contributed by atoms with E-state index in [-0.39, 0.29) is 29.4 Å². The summed E-state index contributed by atoms with van der Waals surface area (Å²) in [4.78, 5) is 37.5. The Kier molecular flexibility index (Phi) is 6.99. The first-order valence-electron chi connectivity index (χ1n) is 8.96. The number of nitrogens with one attached hydrogen (secondary N) is 2. The first-order chi connectivity index (χ1) is 14.0. The zero-order valence-corrected chi connectivity index (χ0v) is 17.3. The monoisotopic (exact) mass is 437 g/mol. The van der Waals surface area contributed by atoms with Gasteiger partial charge in [-0.3, -0.25) is 9.59 Å². The molecule has 0 bridgehead atoms. The molecule has 0 spiro atoms. The van der Waals surface area contributed by atoms with Crippen LogP contribution in [0, 0.1) is 0 Å². The van der Waals surface area contributed by atoms with E-state index in [0.29, 0.717) is 28.8 Å². The molecule has 154 valence electrons. The van der Waals surface area contributed by atoms with Crippen molar-refractivity contribution in [3.8, 4) is 0 Å². The number of amides is 3. The molecule has 0 unspecified atom stereocenters. The summed E-state index contributed by atoms with van der Waals surface area (Å²) in [5.41, 5.74) is 0.574. The first kappa shape index (κ1) is 21.0. The molecule has 1 aliphatic rings. The highest BCUT2D eigenvalue weighted by Crippen LogP contribution is 2.29. The molecule has 3 rings (SSSR count). The predicted molar refractivity (Wildman–Crippen MR) is 108 cm³/mol. The van der Waals surface area contributed by atoms with E-state index in [1.54, 1.807) is 29.2 Å². The quantitative estimate of drug-likeness (QED) is 0.695. The number of aromatic nitrogens is 2. The first-order valence-corrected chi connectivity index (χ1v) is 10.2. The van der Waals surface area contributed by atoms with Crippen molar-refractivity contribution in [2.45, 2.75) is 18.8 Å². The lowest BCUT2D eigenvalue weighted by Gasteiger charge is -2.31. The number of urea groups is 1. The van der Waals surface area contributed by atoms with Gasteiger partial charge in [0.15, 0.2) is 0 Å². The summed E-state index contributed by atoms with van der Waals surface area (Å²) in [7, 11) is 1.26. The Morgan fingerprint density at radius 2 is 2.17 bits per heavy atom. The maximum Gasteiger partial charge on any atom is 0.325 e. The van der Waals surface area contributed by atoms with E-state index in [2.05, 4.69) is 25.6 Å². The SMILES string of the molecule is COC(=O)CNC(=O)N1CCC[C@@H](c2nnc(C(=O)Nc3cccc(Cl)c3)s2)C1. The average Bonchev–Trinajstić information content (AvgIpc) is 3.22. The van der Waals surface area contributed by atoms with E-state index in [9.17, 15) is 14.4 Å². The number of anilines is 1.